The third-order valence-electron chi connectivity index (χ3n) is 2.70. The van der Waals surface area contributed by atoms with Crippen LogP contribution in [0.15, 0.2) is 17.5 Å². The lowest BCUT2D eigenvalue weighted by Crippen LogP contribution is -2.21. The van der Waals surface area contributed by atoms with Gasteiger partial charge in [0.1, 0.15) is 17.5 Å². The third kappa shape index (κ3) is 2.60. The van der Waals surface area contributed by atoms with E-state index in [4.69, 9.17) is 5.84 Å². The second-order valence-corrected chi connectivity index (χ2v) is 5.18. The molecule has 0 unspecified atom stereocenters. The topological polar surface area (TPSA) is 67.1 Å². The summed E-state index contributed by atoms with van der Waals surface area (Å²) in [7, 11) is 2.02. The first-order valence-corrected chi connectivity index (χ1v) is 6.55. The lowest BCUT2D eigenvalue weighted by Gasteiger charge is -2.21. The third-order valence-corrected chi connectivity index (χ3v) is 3.56. The summed E-state index contributed by atoms with van der Waals surface area (Å²) in [6, 6.07) is 4.17. The number of hydrogen-bond acceptors (Lipinski definition) is 6. The fraction of sp³-hybridized carbons (Fsp3) is 0.333. The number of aromatic nitrogens is 2. The minimum atomic E-state index is 0.676. The highest BCUT2D eigenvalue weighted by Gasteiger charge is 2.12. The number of nitrogen functional groups attached to an aromatic ring is 1. The Bertz CT molecular complexity index is 524. The predicted octanol–water partition coefficient (Wildman–Crippen LogP) is 2.08. The van der Waals surface area contributed by atoms with Gasteiger partial charge in [-0.15, -0.1) is 11.3 Å². The summed E-state index contributed by atoms with van der Waals surface area (Å²) >= 11 is 1.74. The van der Waals surface area contributed by atoms with Gasteiger partial charge in [0.15, 0.2) is 0 Å². The van der Waals surface area contributed by atoms with Crippen LogP contribution in [0.4, 0.5) is 11.6 Å². The van der Waals surface area contributed by atoms with Crippen LogP contribution in [0.2, 0.25) is 0 Å². The highest BCUT2D eigenvalue weighted by molar-refractivity contribution is 7.09. The Hall–Kier alpha value is -1.66. The Morgan fingerprint density at radius 1 is 1.39 bits per heavy atom. The molecular formula is C12H17N5S. The van der Waals surface area contributed by atoms with Crippen LogP contribution in [0.25, 0.3) is 0 Å². The van der Waals surface area contributed by atoms with Crippen LogP contribution in [0.5, 0.6) is 0 Å². The van der Waals surface area contributed by atoms with Crippen LogP contribution in [0.3, 0.4) is 0 Å². The number of anilines is 2. The summed E-state index contributed by atoms with van der Waals surface area (Å²) in [6.07, 6.45) is 0. The molecule has 18 heavy (non-hydrogen) atoms. The summed E-state index contributed by atoms with van der Waals surface area (Å²) in [5.41, 5.74) is 3.58. The zero-order valence-corrected chi connectivity index (χ0v) is 11.6. The smallest absolute Gasteiger partial charge is 0.148 e. The van der Waals surface area contributed by atoms with Crippen LogP contribution in [0.1, 0.15) is 16.3 Å². The molecule has 0 aliphatic carbocycles. The van der Waals surface area contributed by atoms with E-state index in [1.165, 1.54) is 4.88 Å². The van der Waals surface area contributed by atoms with Crippen molar-refractivity contribution in [3.63, 3.8) is 0 Å². The molecule has 0 fully saturated rings. The van der Waals surface area contributed by atoms with Gasteiger partial charge in [-0.3, -0.25) is 0 Å². The first kappa shape index (κ1) is 12.8. The number of nitrogens with two attached hydrogens (primary N) is 1. The summed E-state index contributed by atoms with van der Waals surface area (Å²) in [5, 5.41) is 2.08. The Labute approximate surface area is 111 Å². The lowest BCUT2D eigenvalue weighted by atomic mass is 10.3. The van der Waals surface area contributed by atoms with E-state index in [-0.39, 0.29) is 0 Å². The molecule has 0 spiro atoms. The zero-order chi connectivity index (χ0) is 13.1. The van der Waals surface area contributed by atoms with Gasteiger partial charge in [-0.25, -0.2) is 15.8 Å². The maximum atomic E-state index is 5.47. The summed E-state index contributed by atoms with van der Waals surface area (Å²) in [6.45, 7) is 4.66. The zero-order valence-electron chi connectivity index (χ0n) is 10.8. The standard InChI is InChI=1S/C12H17N5S/c1-8-11(16-13)14-9(2)15-12(8)17(3)7-10-5-4-6-18-10/h4-6H,7,13H2,1-3H3,(H,14,15,16). The molecular weight excluding hydrogens is 246 g/mol. The minimum Gasteiger partial charge on any atom is -0.354 e. The summed E-state index contributed by atoms with van der Waals surface area (Å²) < 4.78 is 0. The van der Waals surface area contributed by atoms with Crippen molar-refractivity contribution in [2.45, 2.75) is 20.4 Å². The summed E-state index contributed by atoms with van der Waals surface area (Å²) in [5.74, 6) is 7.76. The fourth-order valence-corrected chi connectivity index (χ4v) is 2.59. The van der Waals surface area contributed by atoms with Crippen molar-refractivity contribution in [3.8, 4) is 0 Å². The largest absolute Gasteiger partial charge is 0.354 e. The van der Waals surface area contributed by atoms with E-state index in [1.54, 1.807) is 11.3 Å². The highest BCUT2D eigenvalue weighted by atomic mass is 32.1. The van der Waals surface area contributed by atoms with Gasteiger partial charge in [0.05, 0.1) is 6.54 Å². The molecule has 0 radical (unpaired) electrons. The van der Waals surface area contributed by atoms with Crippen LogP contribution in [0, 0.1) is 13.8 Å². The van der Waals surface area contributed by atoms with Crippen molar-refractivity contribution in [1.29, 1.82) is 0 Å². The van der Waals surface area contributed by atoms with Crippen LogP contribution >= 0.6 is 11.3 Å². The molecule has 0 amide bonds. The maximum Gasteiger partial charge on any atom is 0.148 e. The molecule has 0 saturated carbocycles. The van der Waals surface area contributed by atoms with Crippen LogP contribution < -0.4 is 16.2 Å². The summed E-state index contributed by atoms with van der Waals surface area (Å²) in [4.78, 5) is 12.2. The quantitative estimate of drug-likeness (QED) is 0.653. The van der Waals surface area contributed by atoms with Crippen LogP contribution in [-0.2, 0) is 6.54 Å². The van der Waals surface area contributed by atoms with E-state index >= 15 is 0 Å². The van der Waals surface area contributed by atoms with E-state index in [9.17, 15) is 0 Å². The van der Waals surface area contributed by atoms with E-state index in [0.717, 1.165) is 17.9 Å². The molecule has 3 N–H and O–H groups in total. The number of aryl methyl sites for hydroxylation is 1. The molecule has 2 rings (SSSR count). The Morgan fingerprint density at radius 2 is 2.17 bits per heavy atom. The van der Waals surface area contributed by atoms with Crippen LogP contribution in [-0.4, -0.2) is 17.0 Å². The molecule has 0 bridgehead atoms. The number of hydrogen-bond donors (Lipinski definition) is 2. The average molecular weight is 263 g/mol. The molecule has 0 saturated heterocycles. The second kappa shape index (κ2) is 5.32. The first-order valence-electron chi connectivity index (χ1n) is 5.67. The van der Waals surface area contributed by atoms with E-state index in [1.807, 2.05) is 20.9 Å². The van der Waals surface area contributed by atoms with Gasteiger partial charge in [0.2, 0.25) is 0 Å². The average Bonchev–Trinajstić information content (AvgIpc) is 2.84. The Kier molecular flexibility index (Phi) is 3.78. The molecule has 2 aromatic heterocycles. The normalized spacial score (nSPS) is 10.4. The van der Waals surface area contributed by atoms with E-state index < -0.39 is 0 Å². The van der Waals surface area contributed by atoms with Crippen molar-refractivity contribution >= 4 is 23.0 Å². The number of rotatable bonds is 4. The van der Waals surface area contributed by atoms with Gasteiger partial charge in [-0.1, -0.05) is 6.07 Å². The first-order chi connectivity index (χ1) is 8.61. The second-order valence-electron chi connectivity index (χ2n) is 4.15. The van der Waals surface area contributed by atoms with Crippen molar-refractivity contribution < 1.29 is 0 Å². The molecule has 0 aromatic carbocycles. The molecule has 6 heteroatoms. The predicted molar refractivity (Wildman–Crippen MR) is 75.7 cm³/mol. The van der Waals surface area contributed by atoms with Gasteiger partial charge >= 0.3 is 0 Å². The van der Waals surface area contributed by atoms with Crippen molar-refractivity contribution in [2.24, 2.45) is 5.84 Å². The van der Waals surface area contributed by atoms with E-state index in [0.29, 0.717) is 11.6 Å². The molecule has 5 nitrogen and oxygen atoms in total. The van der Waals surface area contributed by atoms with Gasteiger partial charge in [0, 0.05) is 17.5 Å². The minimum absolute atomic E-state index is 0.676. The highest BCUT2D eigenvalue weighted by Crippen LogP contribution is 2.24. The molecule has 0 atom stereocenters. The monoisotopic (exact) mass is 263 g/mol. The number of nitrogens with one attached hydrogen (secondary N) is 1. The Morgan fingerprint density at radius 3 is 2.78 bits per heavy atom. The SMILES string of the molecule is Cc1nc(NN)c(C)c(N(C)Cc2cccs2)n1. The van der Waals surface area contributed by atoms with Gasteiger partial charge in [-0.2, -0.15) is 0 Å². The van der Waals surface area contributed by atoms with Crippen molar-refractivity contribution in [1.82, 2.24) is 9.97 Å². The number of nitrogens with zero attached hydrogens (tertiary/aromatic N) is 3. The molecule has 0 aliphatic heterocycles. The number of thiophene rings is 1. The Balaban J connectivity index is 2.29. The van der Waals surface area contributed by atoms with Gasteiger partial charge in [0.25, 0.3) is 0 Å². The molecule has 0 aliphatic rings. The van der Waals surface area contributed by atoms with Gasteiger partial charge < -0.3 is 10.3 Å². The molecule has 2 heterocycles. The molecule has 96 valence electrons. The van der Waals surface area contributed by atoms with Crippen molar-refractivity contribution in [2.75, 3.05) is 17.4 Å². The van der Waals surface area contributed by atoms with Crippen molar-refractivity contribution in [3.05, 3.63) is 33.8 Å². The number of hydrazine groups is 1. The fourth-order valence-electron chi connectivity index (χ4n) is 1.84. The molecule has 2 aromatic rings. The lowest BCUT2D eigenvalue weighted by molar-refractivity contribution is 0.880. The van der Waals surface area contributed by atoms with Gasteiger partial charge in [-0.05, 0) is 25.3 Å². The maximum absolute atomic E-state index is 5.47. The van der Waals surface area contributed by atoms with E-state index in [2.05, 4.69) is 37.8 Å².